The van der Waals surface area contributed by atoms with Gasteiger partial charge in [-0.2, -0.15) is 0 Å². The number of hydrogen-bond donors (Lipinski definition) is 4. The number of anilines is 1. The number of imidazole rings is 2. The fraction of sp³-hybridized carbons (Fsp3) is 0.277. The number of para-hydroxylation sites is 1. The number of nitrogens with one attached hydrogen (secondary N) is 4. The minimum Gasteiger partial charge on any atom is -0.453 e. The molecule has 14 nitrogen and oxygen atoms in total. The molecule has 14 heteroatoms. The van der Waals surface area contributed by atoms with E-state index in [0.717, 1.165) is 62.7 Å². The summed E-state index contributed by atoms with van der Waals surface area (Å²) in [7, 11) is 2.58. The first-order chi connectivity index (χ1) is 29.8. The number of rotatable bonds is 9. The molecule has 4 aromatic carbocycles. The largest absolute Gasteiger partial charge is 0.453 e. The van der Waals surface area contributed by atoms with Gasteiger partial charge in [0.05, 0.1) is 55.8 Å². The second kappa shape index (κ2) is 15.4. The summed E-state index contributed by atoms with van der Waals surface area (Å²) in [5.74, 6) is 1.77. The topological polar surface area (TPSA) is 175 Å². The number of aromatic amines is 2. The maximum atomic E-state index is 14.1. The quantitative estimate of drug-likeness (QED) is 0.120. The van der Waals surface area contributed by atoms with E-state index in [1.54, 1.807) is 11.1 Å². The summed E-state index contributed by atoms with van der Waals surface area (Å²) in [6.07, 6.45) is 5.13. The number of carbonyl (C=O) groups excluding carboxylic acids is 4. The molecule has 1 aliphatic carbocycles. The Hall–Kier alpha value is -7.22. The number of alkyl carbamates (subject to hydrolysis) is 2. The van der Waals surface area contributed by atoms with Crippen LogP contribution in [-0.2, 0) is 31.9 Å². The van der Waals surface area contributed by atoms with Crippen molar-refractivity contribution in [3.05, 3.63) is 138 Å². The second-order valence-corrected chi connectivity index (χ2v) is 16.2. The van der Waals surface area contributed by atoms with E-state index in [1.165, 1.54) is 14.2 Å². The van der Waals surface area contributed by atoms with Crippen LogP contribution in [0.3, 0.4) is 0 Å². The summed E-state index contributed by atoms with van der Waals surface area (Å²) in [6.45, 7) is 0.610. The van der Waals surface area contributed by atoms with Crippen LogP contribution in [0.4, 0.5) is 15.3 Å². The van der Waals surface area contributed by atoms with Crippen LogP contribution in [0.1, 0.15) is 59.3 Å². The Labute approximate surface area is 351 Å². The third kappa shape index (κ3) is 6.97. The highest BCUT2D eigenvalue weighted by Crippen LogP contribution is 2.56. The lowest BCUT2D eigenvalue weighted by Gasteiger charge is -2.30. The lowest BCUT2D eigenvalue weighted by molar-refractivity contribution is -0.135. The van der Waals surface area contributed by atoms with Crippen LogP contribution in [0.15, 0.2) is 109 Å². The molecular weight excluding hydrogens is 773 g/mol. The van der Waals surface area contributed by atoms with Crippen LogP contribution in [0.2, 0.25) is 0 Å². The molecule has 1 saturated heterocycles. The number of carbonyl (C=O) groups is 4. The number of amides is 4. The lowest BCUT2D eigenvalue weighted by Crippen LogP contribution is -2.48. The van der Waals surface area contributed by atoms with E-state index in [-0.39, 0.29) is 23.9 Å². The van der Waals surface area contributed by atoms with Gasteiger partial charge >= 0.3 is 12.2 Å². The van der Waals surface area contributed by atoms with Crippen LogP contribution < -0.4 is 15.5 Å². The van der Waals surface area contributed by atoms with Gasteiger partial charge in [-0.15, -0.1) is 0 Å². The summed E-state index contributed by atoms with van der Waals surface area (Å²) in [4.78, 5) is 72.7. The van der Waals surface area contributed by atoms with Crippen LogP contribution in [-0.4, -0.2) is 75.6 Å². The number of benzene rings is 4. The van der Waals surface area contributed by atoms with Crippen molar-refractivity contribution in [3.8, 4) is 33.6 Å². The normalized spacial score (nSPS) is 21.5. The van der Waals surface area contributed by atoms with Crippen molar-refractivity contribution in [1.82, 2.24) is 35.5 Å². The van der Waals surface area contributed by atoms with Crippen LogP contribution >= 0.6 is 0 Å². The highest BCUT2D eigenvalue weighted by atomic mass is 16.5. The van der Waals surface area contributed by atoms with E-state index >= 15 is 0 Å². The third-order valence-corrected chi connectivity index (χ3v) is 12.7. The molecule has 61 heavy (non-hydrogen) atoms. The zero-order valence-corrected chi connectivity index (χ0v) is 33.6. The molecule has 2 fully saturated rings. The molecule has 1 saturated carbocycles. The van der Waals surface area contributed by atoms with Crippen LogP contribution in [0.25, 0.3) is 33.6 Å². The standard InChI is InChI=1S/C47H44N8O6/c1-60-46(58)52-35-20-19-31-9-6-10-32-22-38(55(40(31)32)44(35)56)42-48-23-36(50-42)28-15-11-26(12-16-28)27-13-17-29(18-14-27)37-24-49-43(51-37)41-34-21-33(34)25-54(41)45(57)39(53-47(59)61-2)30-7-4-3-5-8-30/h3-18,23-24,33-35,38-39,41H,19-22,25H2,1-2H3,(H,48,50)(H,49,51)(H,52,58)(H,53,59)/t33?,34?,35-,38-,39+,41?/m0/s1. The number of piperidine rings is 1. The summed E-state index contributed by atoms with van der Waals surface area (Å²) in [5.41, 5.74) is 9.50. The van der Waals surface area contributed by atoms with E-state index in [9.17, 15) is 19.2 Å². The van der Waals surface area contributed by atoms with Gasteiger partial charge in [0.15, 0.2) is 0 Å². The first-order valence-corrected chi connectivity index (χ1v) is 20.6. The Bertz CT molecular complexity index is 2640. The Morgan fingerprint density at radius 1 is 0.754 bits per heavy atom. The molecule has 0 radical (unpaired) electrons. The highest BCUT2D eigenvalue weighted by molar-refractivity contribution is 6.02. The number of fused-ring (bicyclic) bond motifs is 1. The van der Waals surface area contributed by atoms with Gasteiger partial charge in [0.2, 0.25) is 5.91 Å². The molecule has 3 aliphatic heterocycles. The fourth-order valence-electron chi connectivity index (χ4n) is 9.47. The molecule has 6 aromatic rings. The van der Waals surface area contributed by atoms with Gasteiger partial charge in [-0.1, -0.05) is 97.1 Å². The number of hydrogen-bond acceptors (Lipinski definition) is 8. The van der Waals surface area contributed by atoms with Crippen LogP contribution in [0.5, 0.6) is 0 Å². The smallest absolute Gasteiger partial charge is 0.407 e. The predicted molar refractivity (Wildman–Crippen MR) is 226 cm³/mol. The molecule has 6 atom stereocenters. The number of aryl methyl sites for hydroxylation is 1. The van der Waals surface area contributed by atoms with E-state index in [2.05, 4.69) is 75.2 Å². The molecular formula is C47H44N8O6. The van der Waals surface area contributed by atoms with Gasteiger partial charge in [-0.3, -0.25) is 14.5 Å². The zero-order valence-electron chi connectivity index (χ0n) is 33.6. The Balaban J connectivity index is 0.833. The molecule has 0 bridgehead atoms. The number of likely N-dealkylation sites (tertiary alicyclic amines) is 1. The third-order valence-electron chi connectivity index (χ3n) is 12.7. The monoisotopic (exact) mass is 816 g/mol. The van der Waals surface area contributed by atoms with Gasteiger partial charge in [0.1, 0.15) is 23.7 Å². The van der Waals surface area contributed by atoms with Gasteiger partial charge in [0, 0.05) is 13.0 Å². The summed E-state index contributed by atoms with van der Waals surface area (Å²) in [5, 5.41) is 5.48. The minimum atomic E-state index is -0.875. The first-order valence-electron chi connectivity index (χ1n) is 20.6. The maximum absolute atomic E-state index is 14.1. The molecule has 4 N–H and O–H groups in total. The number of nitrogens with zero attached hydrogens (tertiary/aromatic N) is 4. The van der Waals surface area contributed by atoms with Crippen molar-refractivity contribution in [2.24, 2.45) is 11.8 Å². The Kier molecular flexibility index (Phi) is 9.61. The second-order valence-electron chi connectivity index (χ2n) is 16.2. The van der Waals surface area contributed by atoms with Crippen molar-refractivity contribution < 1.29 is 28.7 Å². The summed E-state index contributed by atoms with van der Waals surface area (Å²) in [6, 6.07) is 29.8. The van der Waals surface area contributed by atoms with Crippen molar-refractivity contribution >= 4 is 29.7 Å². The molecule has 4 aliphatic rings. The van der Waals surface area contributed by atoms with Gasteiger partial charge in [0.25, 0.3) is 5.91 Å². The molecule has 0 spiro atoms. The lowest BCUT2D eigenvalue weighted by atomic mass is 10.0. The zero-order chi connectivity index (χ0) is 41.8. The predicted octanol–water partition coefficient (Wildman–Crippen LogP) is 7.05. The van der Waals surface area contributed by atoms with E-state index in [4.69, 9.17) is 19.4 Å². The average molecular weight is 817 g/mol. The van der Waals surface area contributed by atoms with E-state index < -0.39 is 24.3 Å². The van der Waals surface area contributed by atoms with E-state index in [0.29, 0.717) is 49.0 Å². The van der Waals surface area contributed by atoms with Crippen molar-refractivity contribution in [3.63, 3.8) is 0 Å². The summed E-state index contributed by atoms with van der Waals surface area (Å²) >= 11 is 0. The van der Waals surface area contributed by atoms with Crippen LogP contribution in [0, 0.1) is 11.8 Å². The molecule has 2 aromatic heterocycles. The number of H-pyrrole nitrogens is 2. The van der Waals surface area contributed by atoms with E-state index in [1.807, 2.05) is 53.6 Å². The average Bonchev–Trinajstić information content (AvgIpc) is 3.74. The van der Waals surface area contributed by atoms with Crippen molar-refractivity contribution in [2.45, 2.75) is 49.9 Å². The maximum Gasteiger partial charge on any atom is 0.407 e. The SMILES string of the molecule is COC(=O)N[C@H]1CCc2cccc3c2N(C1=O)[C@H](c1ncc(-c2ccc(-c4ccc(-c5cnc(C6C7CC7CN6C(=O)[C@H](NC(=O)OC)c6ccccc6)[nH]5)cc4)cc2)[nH]1)C3. The Morgan fingerprint density at radius 2 is 1.38 bits per heavy atom. The molecule has 5 heterocycles. The van der Waals surface area contributed by atoms with Gasteiger partial charge in [-0.25, -0.2) is 19.6 Å². The Morgan fingerprint density at radius 3 is 2.05 bits per heavy atom. The highest BCUT2D eigenvalue weighted by Gasteiger charge is 2.56. The number of methoxy groups -OCH3 is 2. The number of aromatic nitrogens is 4. The fourth-order valence-corrected chi connectivity index (χ4v) is 9.47. The van der Waals surface area contributed by atoms with Gasteiger partial charge < -0.3 is 35.0 Å². The molecule has 3 unspecified atom stereocenters. The minimum absolute atomic E-state index is 0.173. The number of ether oxygens (including phenoxy) is 2. The molecule has 4 amide bonds. The van der Waals surface area contributed by atoms with Gasteiger partial charge in [-0.05, 0) is 70.0 Å². The van der Waals surface area contributed by atoms with Crippen molar-refractivity contribution in [2.75, 3.05) is 25.7 Å². The summed E-state index contributed by atoms with van der Waals surface area (Å²) < 4.78 is 9.68. The van der Waals surface area contributed by atoms with Crippen molar-refractivity contribution in [1.29, 1.82) is 0 Å². The molecule has 308 valence electrons. The first kappa shape index (κ1) is 38.0. The molecule has 10 rings (SSSR count).